The predicted octanol–water partition coefficient (Wildman–Crippen LogP) is 2.68. The molecule has 0 bridgehead atoms. The molecule has 1 aromatic rings. The number of aliphatic hydroxyl groups is 1. The van der Waals surface area contributed by atoms with Crippen LogP contribution in [0.2, 0.25) is 0 Å². The summed E-state index contributed by atoms with van der Waals surface area (Å²) in [5.41, 5.74) is 0. The largest absolute Gasteiger partial charge is 0.396 e. The number of halogens is 2. The summed E-state index contributed by atoms with van der Waals surface area (Å²) in [6.07, 6.45) is 2.07. The Hall–Kier alpha value is -1.14. The molecule has 0 saturated carbocycles. The number of thioether (sulfide) groups is 1. The quantitative estimate of drug-likeness (QED) is 0.821. The molecule has 1 unspecified atom stereocenters. The van der Waals surface area contributed by atoms with Gasteiger partial charge in [0.05, 0.1) is 0 Å². The van der Waals surface area contributed by atoms with E-state index >= 15 is 0 Å². The fourth-order valence-corrected chi connectivity index (χ4v) is 3.32. The molecular weight excluding hydrogens is 296 g/mol. The maximum Gasteiger partial charge on any atom is 0.223 e. The molecule has 2 rings (SSSR count). The van der Waals surface area contributed by atoms with E-state index < -0.39 is 11.6 Å². The fraction of sp³-hybridized carbons (Fsp3) is 0.533. The van der Waals surface area contributed by atoms with Crippen LogP contribution in [0, 0.1) is 17.6 Å². The van der Waals surface area contributed by atoms with Gasteiger partial charge in [0.25, 0.3) is 0 Å². The van der Waals surface area contributed by atoms with Crippen LogP contribution in [0.5, 0.6) is 0 Å². The number of carbonyl (C=O) groups excluding carboxylic acids is 1. The number of aliphatic hydroxyl groups excluding tert-OH is 1. The van der Waals surface area contributed by atoms with Crippen molar-refractivity contribution >= 4 is 17.7 Å². The molecule has 0 radical (unpaired) electrons. The molecule has 1 atom stereocenters. The van der Waals surface area contributed by atoms with Crippen LogP contribution in [0.4, 0.5) is 8.78 Å². The van der Waals surface area contributed by atoms with Crippen molar-refractivity contribution in [2.24, 2.45) is 5.92 Å². The standard InChI is InChI=1S/C15H19F2NO2S/c16-13-2-1-12(9-14(13)17)21-8-5-15(20)18-6-3-11(10-18)4-7-19/h1-2,9,11,19H,3-8,10H2. The summed E-state index contributed by atoms with van der Waals surface area (Å²) in [5.74, 6) is -0.686. The van der Waals surface area contributed by atoms with E-state index in [1.54, 1.807) is 0 Å². The van der Waals surface area contributed by atoms with Gasteiger partial charge in [0.1, 0.15) is 0 Å². The van der Waals surface area contributed by atoms with Crippen LogP contribution in [-0.4, -0.2) is 41.4 Å². The predicted molar refractivity (Wildman–Crippen MR) is 78.1 cm³/mol. The van der Waals surface area contributed by atoms with E-state index in [-0.39, 0.29) is 12.5 Å². The van der Waals surface area contributed by atoms with E-state index in [4.69, 9.17) is 5.11 Å². The third-order valence-corrected chi connectivity index (χ3v) is 4.65. The van der Waals surface area contributed by atoms with E-state index in [0.29, 0.717) is 23.0 Å². The summed E-state index contributed by atoms with van der Waals surface area (Å²) in [6.45, 7) is 1.63. The van der Waals surface area contributed by atoms with Gasteiger partial charge in [-0.3, -0.25) is 4.79 Å². The third-order valence-electron chi connectivity index (χ3n) is 3.65. The van der Waals surface area contributed by atoms with Crippen molar-refractivity contribution in [2.45, 2.75) is 24.2 Å². The molecule has 6 heteroatoms. The number of rotatable bonds is 6. The van der Waals surface area contributed by atoms with Crippen LogP contribution >= 0.6 is 11.8 Å². The molecule has 1 amide bonds. The van der Waals surface area contributed by atoms with Gasteiger partial charge in [0.2, 0.25) is 5.91 Å². The van der Waals surface area contributed by atoms with Crippen molar-refractivity contribution in [3.63, 3.8) is 0 Å². The molecule has 1 aromatic carbocycles. The Morgan fingerprint density at radius 1 is 1.38 bits per heavy atom. The summed E-state index contributed by atoms with van der Waals surface area (Å²) in [6, 6.07) is 3.76. The first-order valence-electron chi connectivity index (χ1n) is 7.06. The first kappa shape index (κ1) is 16.2. The minimum absolute atomic E-state index is 0.0884. The summed E-state index contributed by atoms with van der Waals surface area (Å²) in [5, 5.41) is 8.90. The number of carbonyl (C=O) groups is 1. The Labute approximate surface area is 127 Å². The van der Waals surface area contributed by atoms with E-state index in [2.05, 4.69) is 0 Å². The van der Waals surface area contributed by atoms with Crippen LogP contribution in [0.15, 0.2) is 23.1 Å². The van der Waals surface area contributed by atoms with Gasteiger partial charge in [-0.2, -0.15) is 0 Å². The lowest BCUT2D eigenvalue weighted by atomic mass is 10.1. The fourth-order valence-electron chi connectivity index (χ4n) is 2.46. The number of hydrogen-bond acceptors (Lipinski definition) is 3. The number of amides is 1. The summed E-state index contributed by atoms with van der Waals surface area (Å²) in [4.78, 5) is 14.5. The Balaban J connectivity index is 1.73. The van der Waals surface area contributed by atoms with Gasteiger partial charge in [-0.1, -0.05) is 0 Å². The molecule has 3 nitrogen and oxygen atoms in total. The Kier molecular flexibility index (Phi) is 5.99. The molecule has 21 heavy (non-hydrogen) atoms. The number of nitrogens with zero attached hydrogens (tertiary/aromatic N) is 1. The highest BCUT2D eigenvalue weighted by atomic mass is 32.2. The number of likely N-dealkylation sites (tertiary alicyclic amines) is 1. The van der Waals surface area contributed by atoms with Crippen molar-refractivity contribution in [1.82, 2.24) is 4.90 Å². The minimum atomic E-state index is -0.863. The normalized spacial score (nSPS) is 18.2. The van der Waals surface area contributed by atoms with Crippen molar-refractivity contribution in [3.8, 4) is 0 Å². The second-order valence-electron chi connectivity index (χ2n) is 5.18. The molecule has 1 heterocycles. The van der Waals surface area contributed by atoms with Crippen LogP contribution in [0.3, 0.4) is 0 Å². The molecule has 1 fully saturated rings. The molecule has 0 aromatic heterocycles. The summed E-state index contributed by atoms with van der Waals surface area (Å²) in [7, 11) is 0. The van der Waals surface area contributed by atoms with Crippen molar-refractivity contribution in [1.29, 1.82) is 0 Å². The van der Waals surface area contributed by atoms with Gasteiger partial charge in [0.15, 0.2) is 11.6 Å². The zero-order valence-electron chi connectivity index (χ0n) is 11.7. The zero-order valence-corrected chi connectivity index (χ0v) is 12.5. The third kappa shape index (κ3) is 4.68. The second kappa shape index (κ2) is 7.75. The number of hydrogen-bond donors (Lipinski definition) is 1. The van der Waals surface area contributed by atoms with Crippen LogP contribution in [-0.2, 0) is 4.79 Å². The van der Waals surface area contributed by atoms with E-state index in [0.717, 1.165) is 38.1 Å². The van der Waals surface area contributed by atoms with Gasteiger partial charge in [-0.15, -0.1) is 11.8 Å². The lowest BCUT2D eigenvalue weighted by Crippen LogP contribution is -2.29. The average molecular weight is 315 g/mol. The molecular formula is C15H19F2NO2S. The Morgan fingerprint density at radius 3 is 2.90 bits per heavy atom. The maximum absolute atomic E-state index is 13.0. The lowest BCUT2D eigenvalue weighted by Gasteiger charge is -2.16. The molecule has 0 aliphatic carbocycles. The lowest BCUT2D eigenvalue weighted by molar-refractivity contribution is -0.129. The first-order valence-corrected chi connectivity index (χ1v) is 8.05. The second-order valence-corrected chi connectivity index (χ2v) is 6.35. The van der Waals surface area contributed by atoms with Gasteiger partial charge in [-0.25, -0.2) is 8.78 Å². The van der Waals surface area contributed by atoms with Crippen LogP contribution in [0.25, 0.3) is 0 Å². The first-order chi connectivity index (χ1) is 10.1. The van der Waals surface area contributed by atoms with Gasteiger partial charge < -0.3 is 10.0 Å². The summed E-state index contributed by atoms with van der Waals surface area (Å²) >= 11 is 1.35. The monoisotopic (exact) mass is 315 g/mol. The van der Waals surface area contributed by atoms with E-state index in [9.17, 15) is 13.6 Å². The SMILES string of the molecule is O=C(CCSc1ccc(F)c(F)c1)N1CCC(CCO)C1. The van der Waals surface area contributed by atoms with Gasteiger partial charge in [0, 0.05) is 36.8 Å². The minimum Gasteiger partial charge on any atom is -0.396 e. The Bertz CT molecular complexity index is 499. The highest BCUT2D eigenvalue weighted by Crippen LogP contribution is 2.23. The van der Waals surface area contributed by atoms with E-state index in [1.807, 2.05) is 4.90 Å². The summed E-state index contributed by atoms with van der Waals surface area (Å²) < 4.78 is 25.8. The topological polar surface area (TPSA) is 40.5 Å². The van der Waals surface area contributed by atoms with Crippen molar-refractivity contribution in [2.75, 3.05) is 25.4 Å². The maximum atomic E-state index is 13.0. The Morgan fingerprint density at radius 2 is 2.19 bits per heavy atom. The zero-order chi connectivity index (χ0) is 15.2. The molecule has 1 saturated heterocycles. The highest BCUT2D eigenvalue weighted by molar-refractivity contribution is 7.99. The van der Waals surface area contributed by atoms with Gasteiger partial charge in [-0.05, 0) is 37.0 Å². The average Bonchev–Trinajstić information content (AvgIpc) is 2.92. The van der Waals surface area contributed by atoms with Crippen LogP contribution in [0.1, 0.15) is 19.3 Å². The smallest absolute Gasteiger partial charge is 0.223 e. The molecule has 0 spiro atoms. The van der Waals surface area contributed by atoms with Gasteiger partial charge >= 0.3 is 0 Å². The van der Waals surface area contributed by atoms with Crippen LogP contribution < -0.4 is 0 Å². The number of benzene rings is 1. The molecule has 1 N–H and O–H groups in total. The van der Waals surface area contributed by atoms with Crippen molar-refractivity contribution in [3.05, 3.63) is 29.8 Å². The van der Waals surface area contributed by atoms with Crippen molar-refractivity contribution < 1.29 is 18.7 Å². The molecule has 1 aliphatic heterocycles. The molecule has 1 aliphatic rings. The molecule has 116 valence electrons. The van der Waals surface area contributed by atoms with E-state index in [1.165, 1.54) is 17.8 Å². The highest BCUT2D eigenvalue weighted by Gasteiger charge is 2.25.